The van der Waals surface area contributed by atoms with Crippen molar-refractivity contribution in [2.75, 3.05) is 10.6 Å². The number of para-hydroxylation sites is 2. The van der Waals surface area contributed by atoms with Gasteiger partial charge in [-0.3, -0.25) is 4.79 Å². The summed E-state index contributed by atoms with van der Waals surface area (Å²) in [6.07, 6.45) is 0. The first-order valence-corrected chi connectivity index (χ1v) is 5.97. The smallest absolute Gasteiger partial charge is 0.245 e. The quantitative estimate of drug-likeness (QED) is 0.638. The molecular formula is C15H15N3O. The Morgan fingerprint density at radius 3 is 1.63 bits per heavy atom. The number of carbonyl (C=O) groups excluding carboxylic acids is 1. The average molecular weight is 253 g/mol. The lowest BCUT2D eigenvalue weighted by molar-refractivity contribution is -0.115. The number of amides is 1. The molecule has 0 saturated heterocycles. The van der Waals surface area contributed by atoms with Crippen LogP contribution in [-0.2, 0) is 4.79 Å². The second-order valence-electron chi connectivity index (χ2n) is 3.96. The number of hydrogen-bond acceptors (Lipinski definition) is 1. The lowest BCUT2D eigenvalue weighted by Gasteiger charge is -2.11. The number of carbonyl (C=O) groups is 1. The summed E-state index contributed by atoms with van der Waals surface area (Å²) in [4.78, 5) is 15.1. The molecule has 0 radical (unpaired) electrons. The zero-order chi connectivity index (χ0) is 13.5. The van der Waals surface area contributed by atoms with Crippen LogP contribution < -0.4 is 10.6 Å². The maximum atomic E-state index is 11.2. The Hall–Kier alpha value is -2.62. The van der Waals surface area contributed by atoms with Crippen molar-refractivity contribution >= 4 is 23.2 Å². The van der Waals surface area contributed by atoms with E-state index in [4.69, 9.17) is 0 Å². The molecule has 0 aliphatic heterocycles. The van der Waals surface area contributed by atoms with Crippen LogP contribution in [0.3, 0.4) is 0 Å². The molecule has 2 aromatic carbocycles. The molecule has 4 heteroatoms. The minimum Gasteiger partial charge on any atom is -0.326 e. The van der Waals surface area contributed by atoms with Crippen LogP contribution in [0, 0.1) is 0 Å². The monoisotopic (exact) mass is 253 g/mol. The third-order valence-electron chi connectivity index (χ3n) is 2.34. The third-order valence-corrected chi connectivity index (χ3v) is 2.34. The van der Waals surface area contributed by atoms with Crippen molar-refractivity contribution in [3.8, 4) is 0 Å². The van der Waals surface area contributed by atoms with E-state index >= 15 is 0 Å². The predicted molar refractivity (Wildman–Crippen MR) is 78.2 cm³/mol. The Labute approximate surface area is 112 Å². The maximum absolute atomic E-state index is 11.2. The number of benzene rings is 2. The molecule has 0 aromatic heterocycles. The van der Waals surface area contributed by atoms with E-state index in [9.17, 15) is 4.79 Å². The summed E-state index contributed by atoms with van der Waals surface area (Å²) in [5.74, 6) is 0.145. The van der Waals surface area contributed by atoms with Crippen LogP contribution in [0.15, 0.2) is 65.7 Å². The number of anilines is 2. The van der Waals surface area contributed by atoms with Crippen molar-refractivity contribution in [3.05, 3.63) is 60.7 Å². The Bertz CT molecular complexity index is 521. The topological polar surface area (TPSA) is 53.5 Å². The van der Waals surface area contributed by atoms with Gasteiger partial charge in [-0.2, -0.15) is 4.99 Å². The molecule has 1 amide bonds. The van der Waals surface area contributed by atoms with Crippen molar-refractivity contribution in [2.24, 2.45) is 4.99 Å². The number of hydrogen-bond donors (Lipinski definition) is 2. The summed E-state index contributed by atoms with van der Waals surface area (Å²) >= 11 is 0. The average Bonchev–Trinajstić information content (AvgIpc) is 2.40. The highest BCUT2D eigenvalue weighted by Gasteiger charge is 2.02. The lowest BCUT2D eigenvalue weighted by atomic mass is 10.3. The van der Waals surface area contributed by atoms with Gasteiger partial charge in [0.25, 0.3) is 0 Å². The highest BCUT2D eigenvalue weighted by atomic mass is 16.1. The normalized spacial score (nSPS) is 9.53. The Kier molecular flexibility index (Phi) is 4.29. The van der Waals surface area contributed by atoms with Crippen LogP contribution in [0.1, 0.15) is 6.92 Å². The summed E-state index contributed by atoms with van der Waals surface area (Å²) in [6.45, 7) is 1.42. The summed E-state index contributed by atoms with van der Waals surface area (Å²) < 4.78 is 0. The molecule has 19 heavy (non-hydrogen) atoms. The number of guanidine groups is 1. The molecule has 0 aliphatic rings. The van der Waals surface area contributed by atoms with Gasteiger partial charge in [0.2, 0.25) is 11.9 Å². The number of rotatable bonds is 2. The Balaban J connectivity index is 2.16. The summed E-state index contributed by atoms with van der Waals surface area (Å²) in [6, 6.07) is 19.1. The molecule has 0 saturated carbocycles. The Morgan fingerprint density at radius 1 is 0.842 bits per heavy atom. The van der Waals surface area contributed by atoms with E-state index < -0.39 is 0 Å². The fourth-order valence-electron chi connectivity index (χ4n) is 1.56. The minimum atomic E-state index is -0.262. The first-order valence-electron chi connectivity index (χ1n) is 5.97. The fraction of sp³-hybridized carbons (Fsp3) is 0.0667. The predicted octanol–water partition coefficient (Wildman–Crippen LogP) is 3.11. The van der Waals surface area contributed by atoms with E-state index in [0.717, 1.165) is 11.4 Å². The molecule has 2 aromatic rings. The first kappa shape index (κ1) is 12.8. The molecular weight excluding hydrogens is 238 g/mol. The largest absolute Gasteiger partial charge is 0.326 e. The van der Waals surface area contributed by atoms with Gasteiger partial charge >= 0.3 is 0 Å². The van der Waals surface area contributed by atoms with Gasteiger partial charge in [-0.05, 0) is 24.3 Å². The van der Waals surface area contributed by atoms with Crippen LogP contribution in [0.2, 0.25) is 0 Å². The van der Waals surface area contributed by atoms with Gasteiger partial charge in [-0.25, -0.2) is 0 Å². The number of aliphatic imine (C=N–C) groups is 1. The molecule has 4 nitrogen and oxygen atoms in total. The molecule has 0 heterocycles. The van der Waals surface area contributed by atoms with E-state index in [-0.39, 0.29) is 5.91 Å². The van der Waals surface area contributed by atoms with Gasteiger partial charge in [0, 0.05) is 18.3 Å². The zero-order valence-electron chi connectivity index (χ0n) is 10.6. The van der Waals surface area contributed by atoms with Gasteiger partial charge in [-0.1, -0.05) is 36.4 Å². The Morgan fingerprint density at radius 2 is 1.26 bits per heavy atom. The van der Waals surface area contributed by atoms with Gasteiger partial charge in [0.05, 0.1) is 0 Å². The van der Waals surface area contributed by atoms with Crippen LogP contribution in [0.5, 0.6) is 0 Å². The van der Waals surface area contributed by atoms with Crippen molar-refractivity contribution in [2.45, 2.75) is 6.92 Å². The molecule has 2 N–H and O–H groups in total. The molecule has 0 spiro atoms. The van der Waals surface area contributed by atoms with Crippen LogP contribution in [-0.4, -0.2) is 11.9 Å². The molecule has 0 aliphatic carbocycles. The van der Waals surface area contributed by atoms with Gasteiger partial charge in [0.15, 0.2) is 0 Å². The second-order valence-corrected chi connectivity index (χ2v) is 3.96. The van der Waals surface area contributed by atoms with Crippen LogP contribution in [0.4, 0.5) is 11.4 Å². The van der Waals surface area contributed by atoms with E-state index in [2.05, 4.69) is 15.6 Å². The molecule has 0 fully saturated rings. The summed E-state index contributed by atoms with van der Waals surface area (Å²) in [7, 11) is 0. The molecule has 0 bridgehead atoms. The summed E-state index contributed by atoms with van der Waals surface area (Å²) in [5, 5.41) is 6.15. The van der Waals surface area contributed by atoms with E-state index in [1.54, 1.807) is 0 Å². The third kappa shape index (κ3) is 4.27. The van der Waals surface area contributed by atoms with Crippen molar-refractivity contribution in [3.63, 3.8) is 0 Å². The first-order chi connectivity index (χ1) is 9.24. The lowest BCUT2D eigenvalue weighted by Crippen LogP contribution is -2.23. The van der Waals surface area contributed by atoms with E-state index in [0.29, 0.717) is 5.96 Å². The second kappa shape index (κ2) is 6.35. The molecule has 0 unspecified atom stereocenters. The SMILES string of the molecule is CC(=O)N=C(Nc1ccccc1)Nc1ccccc1. The van der Waals surface area contributed by atoms with Gasteiger partial charge in [0.1, 0.15) is 0 Å². The molecule has 0 atom stereocenters. The standard InChI is InChI=1S/C15H15N3O/c1-12(19)16-15(17-13-8-4-2-5-9-13)18-14-10-6-3-7-11-14/h2-11H,1H3,(H2,16,17,18,19). The minimum absolute atomic E-state index is 0.262. The zero-order valence-corrected chi connectivity index (χ0v) is 10.6. The maximum Gasteiger partial charge on any atom is 0.245 e. The summed E-state index contributed by atoms with van der Waals surface area (Å²) in [5.41, 5.74) is 1.73. The van der Waals surface area contributed by atoms with Crippen molar-refractivity contribution < 1.29 is 4.79 Å². The highest BCUT2D eigenvalue weighted by Crippen LogP contribution is 2.09. The van der Waals surface area contributed by atoms with Crippen LogP contribution >= 0.6 is 0 Å². The van der Waals surface area contributed by atoms with E-state index in [1.807, 2.05) is 60.7 Å². The van der Waals surface area contributed by atoms with Gasteiger partial charge in [-0.15, -0.1) is 0 Å². The van der Waals surface area contributed by atoms with Crippen LogP contribution in [0.25, 0.3) is 0 Å². The molecule has 2 rings (SSSR count). The number of nitrogens with zero attached hydrogens (tertiary/aromatic N) is 1. The van der Waals surface area contributed by atoms with Gasteiger partial charge < -0.3 is 10.6 Å². The molecule has 96 valence electrons. The van der Waals surface area contributed by atoms with E-state index in [1.165, 1.54) is 6.92 Å². The van der Waals surface area contributed by atoms with Crippen molar-refractivity contribution in [1.29, 1.82) is 0 Å². The highest BCUT2D eigenvalue weighted by molar-refractivity contribution is 6.08. The number of nitrogens with one attached hydrogen (secondary N) is 2. The fourth-order valence-corrected chi connectivity index (χ4v) is 1.56. The van der Waals surface area contributed by atoms with Crippen molar-refractivity contribution in [1.82, 2.24) is 0 Å².